The van der Waals surface area contributed by atoms with Crippen LogP contribution in [0.3, 0.4) is 0 Å². The molecule has 0 saturated heterocycles. The lowest BCUT2D eigenvalue weighted by molar-refractivity contribution is -0.115. The fraction of sp³-hybridized carbons (Fsp3) is 0.200. The van der Waals surface area contributed by atoms with E-state index in [-0.39, 0.29) is 17.5 Å². The predicted octanol–water partition coefficient (Wildman–Crippen LogP) is 2.60. The first-order valence-electron chi connectivity index (χ1n) is 8.17. The van der Waals surface area contributed by atoms with Crippen LogP contribution in [-0.2, 0) is 9.53 Å². The van der Waals surface area contributed by atoms with Gasteiger partial charge in [-0.2, -0.15) is 5.26 Å². The number of nitrogens with one attached hydrogen (secondary N) is 1. The van der Waals surface area contributed by atoms with E-state index in [0.29, 0.717) is 17.2 Å². The molecule has 0 saturated carbocycles. The molecule has 0 aliphatic heterocycles. The van der Waals surface area contributed by atoms with Crippen LogP contribution in [-0.4, -0.2) is 38.5 Å². The number of Topliss-reactive ketones (excluding diaryl/α,β-unsaturated/α-hetero) is 1. The molecule has 0 aromatic heterocycles. The lowest BCUT2D eigenvalue weighted by Gasteiger charge is -2.10. The number of esters is 1. The minimum atomic E-state index is -0.690. The third kappa shape index (κ3) is 5.32. The van der Waals surface area contributed by atoms with Gasteiger partial charge in [0, 0.05) is 5.69 Å². The molecule has 2 aromatic rings. The van der Waals surface area contributed by atoms with Crippen molar-refractivity contribution in [3.05, 3.63) is 53.6 Å². The first kappa shape index (κ1) is 20.5. The van der Waals surface area contributed by atoms with E-state index < -0.39 is 24.3 Å². The molecule has 0 aliphatic carbocycles. The maximum absolute atomic E-state index is 12.4. The van der Waals surface area contributed by atoms with E-state index in [2.05, 4.69) is 5.32 Å². The molecule has 0 aliphatic rings. The van der Waals surface area contributed by atoms with Crippen molar-refractivity contribution in [3.63, 3.8) is 0 Å². The summed E-state index contributed by atoms with van der Waals surface area (Å²) in [6.45, 7) is -0.469. The zero-order valence-corrected chi connectivity index (χ0v) is 15.4. The van der Waals surface area contributed by atoms with Crippen molar-refractivity contribution in [2.45, 2.75) is 6.42 Å². The molecule has 0 fully saturated rings. The Morgan fingerprint density at radius 1 is 1.04 bits per heavy atom. The summed E-state index contributed by atoms with van der Waals surface area (Å²) in [6.07, 6.45) is -0.264. The predicted molar refractivity (Wildman–Crippen MR) is 99.5 cm³/mol. The van der Waals surface area contributed by atoms with E-state index >= 15 is 0 Å². The van der Waals surface area contributed by atoms with Crippen LogP contribution in [0, 0.1) is 11.3 Å². The zero-order valence-electron chi connectivity index (χ0n) is 15.4. The van der Waals surface area contributed by atoms with Gasteiger partial charge in [0.05, 0.1) is 31.4 Å². The minimum Gasteiger partial charge on any atom is -0.497 e. The Morgan fingerprint density at radius 3 is 2.36 bits per heavy atom. The number of rotatable bonds is 8. The van der Waals surface area contributed by atoms with Crippen molar-refractivity contribution < 1.29 is 28.6 Å². The monoisotopic (exact) mass is 382 g/mol. The molecule has 0 bridgehead atoms. The summed E-state index contributed by atoms with van der Waals surface area (Å²) in [7, 11) is 2.91. The number of nitriles is 1. The topological polar surface area (TPSA) is 115 Å². The molecule has 2 aromatic carbocycles. The second-order valence-electron chi connectivity index (χ2n) is 5.53. The molecular weight excluding hydrogens is 364 g/mol. The number of hydrogen-bond donors (Lipinski definition) is 1. The standard InChI is InChI=1S/C20H18N2O6/c1-26-15-7-8-18(27-2)16(11-15)17(23)12-28-20(25)13-3-5-14(6-4-13)22-19(24)9-10-21/h3-8,11H,9,12H2,1-2H3,(H,22,24). The fourth-order valence-corrected chi connectivity index (χ4v) is 2.29. The number of amides is 1. The summed E-state index contributed by atoms with van der Waals surface area (Å²) in [5.74, 6) is -0.755. The summed E-state index contributed by atoms with van der Waals surface area (Å²) >= 11 is 0. The van der Waals surface area contributed by atoms with Gasteiger partial charge in [-0.3, -0.25) is 9.59 Å². The third-order valence-corrected chi connectivity index (χ3v) is 3.69. The molecule has 144 valence electrons. The quantitative estimate of drug-likeness (QED) is 0.551. The Labute approximate surface area is 161 Å². The molecule has 0 unspecified atom stereocenters. The van der Waals surface area contributed by atoms with Crippen LogP contribution in [0.25, 0.3) is 0 Å². The molecule has 8 nitrogen and oxygen atoms in total. The number of hydrogen-bond acceptors (Lipinski definition) is 7. The Balaban J connectivity index is 1.99. The van der Waals surface area contributed by atoms with Crippen molar-refractivity contribution in [3.8, 4) is 17.6 Å². The van der Waals surface area contributed by atoms with Crippen LogP contribution in [0.2, 0.25) is 0 Å². The number of ether oxygens (including phenoxy) is 3. The maximum Gasteiger partial charge on any atom is 0.338 e. The Bertz CT molecular complexity index is 915. The maximum atomic E-state index is 12.4. The fourth-order valence-electron chi connectivity index (χ4n) is 2.29. The van der Waals surface area contributed by atoms with Gasteiger partial charge in [0.1, 0.15) is 17.9 Å². The second-order valence-corrected chi connectivity index (χ2v) is 5.53. The number of carbonyl (C=O) groups excluding carboxylic acids is 3. The number of benzene rings is 2. The van der Waals surface area contributed by atoms with Crippen molar-refractivity contribution in [1.82, 2.24) is 0 Å². The first-order valence-corrected chi connectivity index (χ1v) is 8.17. The third-order valence-electron chi connectivity index (χ3n) is 3.69. The Hall–Kier alpha value is -3.86. The molecule has 1 N–H and O–H groups in total. The highest BCUT2D eigenvalue weighted by Crippen LogP contribution is 2.24. The first-order chi connectivity index (χ1) is 13.5. The molecule has 0 heterocycles. The van der Waals surface area contributed by atoms with E-state index in [1.165, 1.54) is 44.6 Å². The number of carbonyl (C=O) groups is 3. The second kappa shape index (κ2) is 9.73. The van der Waals surface area contributed by atoms with Gasteiger partial charge < -0.3 is 19.5 Å². The number of nitrogens with zero attached hydrogens (tertiary/aromatic N) is 1. The van der Waals surface area contributed by atoms with E-state index in [0.717, 1.165) is 0 Å². The molecular formula is C20H18N2O6. The smallest absolute Gasteiger partial charge is 0.338 e. The highest BCUT2D eigenvalue weighted by Gasteiger charge is 2.17. The molecule has 8 heteroatoms. The summed E-state index contributed by atoms with van der Waals surface area (Å²) in [4.78, 5) is 35.9. The van der Waals surface area contributed by atoms with Gasteiger partial charge in [-0.15, -0.1) is 0 Å². The lowest BCUT2D eigenvalue weighted by atomic mass is 10.1. The lowest BCUT2D eigenvalue weighted by Crippen LogP contribution is -2.15. The average molecular weight is 382 g/mol. The summed E-state index contributed by atoms with van der Waals surface area (Å²) in [5.41, 5.74) is 0.892. The zero-order chi connectivity index (χ0) is 20.5. The summed E-state index contributed by atoms with van der Waals surface area (Å²) in [6, 6.07) is 12.4. The molecule has 0 atom stereocenters. The number of ketones is 1. The van der Waals surface area contributed by atoms with Crippen LogP contribution in [0.1, 0.15) is 27.1 Å². The van der Waals surface area contributed by atoms with Gasteiger partial charge in [0.2, 0.25) is 11.7 Å². The van der Waals surface area contributed by atoms with Crippen LogP contribution in [0.4, 0.5) is 5.69 Å². The van der Waals surface area contributed by atoms with Gasteiger partial charge in [-0.25, -0.2) is 4.79 Å². The van der Waals surface area contributed by atoms with Gasteiger partial charge in [-0.1, -0.05) is 0 Å². The van der Waals surface area contributed by atoms with Crippen molar-refractivity contribution in [2.75, 3.05) is 26.1 Å². The van der Waals surface area contributed by atoms with E-state index in [1.54, 1.807) is 18.2 Å². The minimum absolute atomic E-state index is 0.212. The average Bonchev–Trinajstić information content (AvgIpc) is 2.71. The van der Waals surface area contributed by atoms with E-state index in [9.17, 15) is 14.4 Å². The Kier molecular flexibility index (Phi) is 7.11. The largest absolute Gasteiger partial charge is 0.497 e. The highest BCUT2D eigenvalue weighted by atomic mass is 16.5. The normalized spacial score (nSPS) is 9.75. The highest BCUT2D eigenvalue weighted by molar-refractivity contribution is 6.01. The number of anilines is 1. The van der Waals surface area contributed by atoms with E-state index in [4.69, 9.17) is 19.5 Å². The summed E-state index contributed by atoms with van der Waals surface area (Å²) < 4.78 is 15.3. The number of methoxy groups -OCH3 is 2. The SMILES string of the molecule is COc1ccc(OC)c(C(=O)COC(=O)c2ccc(NC(=O)CC#N)cc2)c1. The summed E-state index contributed by atoms with van der Waals surface area (Å²) in [5, 5.41) is 11.0. The van der Waals surface area contributed by atoms with Crippen LogP contribution in [0.5, 0.6) is 11.5 Å². The van der Waals surface area contributed by atoms with Gasteiger partial charge >= 0.3 is 5.97 Å². The molecule has 2 rings (SSSR count). The molecule has 0 radical (unpaired) electrons. The van der Waals surface area contributed by atoms with Gasteiger partial charge in [-0.05, 0) is 42.5 Å². The molecule has 28 heavy (non-hydrogen) atoms. The van der Waals surface area contributed by atoms with E-state index in [1.807, 2.05) is 0 Å². The molecule has 0 spiro atoms. The van der Waals surface area contributed by atoms with Gasteiger partial charge in [0.15, 0.2) is 6.61 Å². The van der Waals surface area contributed by atoms with Crippen molar-refractivity contribution in [2.24, 2.45) is 0 Å². The molecule has 1 amide bonds. The van der Waals surface area contributed by atoms with Crippen LogP contribution < -0.4 is 14.8 Å². The van der Waals surface area contributed by atoms with Crippen molar-refractivity contribution >= 4 is 23.3 Å². The Morgan fingerprint density at radius 2 is 1.75 bits per heavy atom. The van der Waals surface area contributed by atoms with Crippen LogP contribution >= 0.6 is 0 Å². The van der Waals surface area contributed by atoms with Gasteiger partial charge in [0.25, 0.3) is 0 Å². The van der Waals surface area contributed by atoms with Crippen molar-refractivity contribution in [1.29, 1.82) is 5.26 Å². The van der Waals surface area contributed by atoms with Crippen LogP contribution in [0.15, 0.2) is 42.5 Å².